The largest absolute Gasteiger partial charge is 0.497 e. The lowest BCUT2D eigenvalue weighted by molar-refractivity contribution is -0.127. The molecule has 4 heteroatoms. The van der Waals surface area contributed by atoms with Gasteiger partial charge in [0.2, 0.25) is 0 Å². The molecule has 2 rings (SSSR count). The molecule has 0 bridgehead atoms. The first-order valence-corrected chi connectivity index (χ1v) is 7.64. The molecule has 0 spiro atoms. The maximum atomic E-state index is 12.1. The Morgan fingerprint density at radius 2 is 1.70 bits per heavy atom. The molecule has 122 valence electrons. The van der Waals surface area contributed by atoms with Crippen LogP contribution in [0.4, 0.5) is 0 Å². The van der Waals surface area contributed by atoms with Gasteiger partial charge in [-0.2, -0.15) is 0 Å². The Kier molecular flexibility index (Phi) is 5.63. The Labute approximate surface area is 137 Å². The first-order chi connectivity index (χ1) is 11.0. The van der Waals surface area contributed by atoms with Crippen molar-refractivity contribution >= 4 is 5.91 Å². The zero-order valence-corrected chi connectivity index (χ0v) is 14.1. The molecule has 0 aliphatic carbocycles. The van der Waals surface area contributed by atoms with Crippen LogP contribution in [0.2, 0.25) is 0 Å². The summed E-state index contributed by atoms with van der Waals surface area (Å²) >= 11 is 0. The Morgan fingerprint density at radius 3 is 2.30 bits per heavy atom. The predicted molar refractivity (Wildman–Crippen MR) is 90.8 cm³/mol. The molecule has 1 atom stereocenters. The average molecular weight is 313 g/mol. The van der Waals surface area contributed by atoms with Gasteiger partial charge in [-0.15, -0.1) is 0 Å². The monoisotopic (exact) mass is 313 g/mol. The first kappa shape index (κ1) is 16.9. The number of methoxy groups -OCH3 is 1. The topological polar surface area (TPSA) is 47.6 Å². The molecule has 0 saturated carbocycles. The minimum absolute atomic E-state index is 0.140. The smallest absolute Gasteiger partial charge is 0.261 e. The third-order valence-electron chi connectivity index (χ3n) is 3.79. The van der Waals surface area contributed by atoms with Crippen LogP contribution in [0.3, 0.4) is 0 Å². The van der Waals surface area contributed by atoms with Gasteiger partial charge in [0.15, 0.2) is 6.10 Å². The number of hydrogen-bond donors (Lipinski definition) is 1. The summed E-state index contributed by atoms with van der Waals surface area (Å²) in [6.45, 7) is 6.28. The molecule has 0 fully saturated rings. The second kappa shape index (κ2) is 7.68. The second-order valence-electron chi connectivity index (χ2n) is 5.57. The second-order valence-corrected chi connectivity index (χ2v) is 5.57. The number of rotatable bonds is 6. The van der Waals surface area contributed by atoms with Crippen molar-refractivity contribution in [2.24, 2.45) is 0 Å². The molecule has 1 amide bonds. The lowest BCUT2D eigenvalue weighted by atomic mass is 10.1. The Balaban J connectivity index is 1.87. The van der Waals surface area contributed by atoms with E-state index in [0.29, 0.717) is 12.3 Å². The van der Waals surface area contributed by atoms with Gasteiger partial charge in [0, 0.05) is 6.54 Å². The highest BCUT2D eigenvalue weighted by atomic mass is 16.5. The third-order valence-corrected chi connectivity index (χ3v) is 3.79. The van der Waals surface area contributed by atoms with Crippen molar-refractivity contribution in [3.63, 3.8) is 0 Å². The van der Waals surface area contributed by atoms with E-state index in [1.54, 1.807) is 14.0 Å². The highest BCUT2D eigenvalue weighted by Crippen LogP contribution is 2.18. The minimum atomic E-state index is -0.546. The molecule has 4 nitrogen and oxygen atoms in total. The van der Waals surface area contributed by atoms with Crippen molar-refractivity contribution in [2.75, 3.05) is 7.11 Å². The van der Waals surface area contributed by atoms with Crippen molar-refractivity contribution in [1.82, 2.24) is 5.32 Å². The van der Waals surface area contributed by atoms with Crippen molar-refractivity contribution < 1.29 is 14.3 Å². The van der Waals surface area contributed by atoms with Crippen molar-refractivity contribution in [3.05, 3.63) is 59.2 Å². The van der Waals surface area contributed by atoms with Gasteiger partial charge in [-0.05, 0) is 61.7 Å². The van der Waals surface area contributed by atoms with Gasteiger partial charge in [0.25, 0.3) is 5.91 Å². The Morgan fingerprint density at radius 1 is 1.04 bits per heavy atom. The summed E-state index contributed by atoms with van der Waals surface area (Å²) in [6.07, 6.45) is -0.546. The van der Waals surface area contributed by atoms with Crippen molar-refractivity contribution in [3.8, 4) is 11.5 Å². The predicted octanol–water partition coefficient (Wildman–Crippen LogP) is 3.40. The van der Waals surface area contributed by atoms with Crippen LogP contribution in [-0.4, -0.2) is 19.1 Å². The molecule has 2 aromatic carbocycles. The molecule has 2 aromatic rings. The van der Waals surface area contributed by atoms with Crippen LogP contribution in [0.5, 0.6) is 11.5 Å². The minimum Gasteiger partial charge on any atom is -0.497 e. The molecule has 0 aliphatic rings. The molecule has 1 N–H and O–H groups in total. The fourth-order valence-electron chi connectivity index (χ4n) is 2.12. The number of ether oxygens (including phenoxy) is 2. The van der Waals surface area contributed by atoms with Gasteiger partial charge >= 0.3 is 0 Å². The van der Waals surface area contributed by atoms with E-state index in [0.717, 1.165) is 16.9 Å². The van der Waals surface area contributed by atoms with E-state index in [-0.39, 0.29) is 5.91 Å². The standard InChI is InChI=1S/C19H23NO3/c1-13-5-8-18(11-14(13)2)23-15(3)19(21)20-12-16-6-9-17(22-4)10-7-16/h5-11,15H,12H2,1-4H3,(H,20,21)/t15-/m0/s1. The fourth-order valence-corrected chi connectivity index (χ4v) is 2.12. The quantitative estimate of drug-likeness (QED) is 0.889. The lowest BCUT2D eigenvalue weighted by Crippen LogP contribution is -2.35. The molecular formula is C19H23NO3. The number of aryl methyl sites for hydroxylation is 2. The highest BCUT2D eigenvalue weighted by molar-refractivity contribution is 5.80. The summed E-state index contributed by atoms with van der Waals surface area (Å²) in [5.74, 6) is 1.37. The normalized spacial score (nSPS) is 11.7. The maximum Gasteiger partial charge on any atom is 0.261 e. The molecule has 0 heterocycles. The average Bonchev–Trinajstić information content (AvgIpc) is 2.56. The number of carbonyl (C=O) groups excluding carboxylic acids is 1. The number of benzene rings is 2. The van der Waals surface area contributed by atoms with Crippen LogP contribution in [0.15, 0.2) is 42.5 Å². The first-order valence-electron chi connectivity index (χ1n) is 7.64. The molecule has 23 heavy (non-hydrogen) atoms. The molecule has 0 saturated heterocycles. The van der Waals surface area contributed by atoms with Crippen LogP contribution < -0.4 is 14.8 Å². The van der Waals surface area contributed by atoms with Crippen LogP contribution in [-0.2, 0) is 11.3 Å². The van der Waals surface area contributed by atoms with E-state index in [4.69, 9.17) is 9.47 Å². The summed E-state index contributed by atoms with van der Waals surface area (Å²) < 4.78 is 10.8. The SMILES string of the molecule is COc1ccc(CNC(=O)[C@H](C)Oc2ccc(C)c(C)c2)cc1. The van der Waals surface area contributed by atoms with Crippen LogP contribution in [0.25, 0.3) is 0 Å². The molecule has 0 unspecified atom stereocenters. The highest BCUT2D eigenvalue weighted by Gasteiger charge is 2.14. The van der Waals surface area contributed by atoms with Crippen molar-refractivity contribution in [2.45, 2.75) is 33.4 Å². The van der Waals surface area contributed by atoms with E-state index in [1.165, 1.54) is 5.56 Å². The van der Waals surface area contributed by atoms with Gasteiger partial charge in [-0.3, -0.25) is 4.79 Å². The number of amides is 1. The number of nitrogens with one attached hydrogen (secondary N) is 1. The van der Waals surface area contributed by atoms with Gasteiger partial charge in [0.1, 0.15) is 11.5 Å². The van der Waals surface area contributed by atoms with Gasteiger partial charge in [0.05, 0.1) is 7.11 Å². The summed E-state index contributed by atoms with van der Waals surface area (Å²) in [5.41, 5.74) is 3.36. The summed E-state index contributed by atoms with van der Waals surface area (Å²) in [4.78, 5) is 12.1. The number of hydrogen-bond acceptors (Lipinski definition) is 3. The van der Waals surface area contributed by atoms with Gasteiger partial charge < -0.3 is 14.8 Å². The Hall–Kier alpha value is -2.49. The van der Waals surface area contributed by atoms with E-state index >= 15 is 0 Å². The molecular weight excluding hydrogens is 290 g/mol. The lowest BCUT2D eigenvalue weighted by Gasteiger charge is -2.15. The van der Waals surface area contributed by atoms with Crippen LogP contribution in [0.1, 0.15) is 23.6 Å². The zero-order chi connectivity index (χ0) is 16.8. The van der Waals surface area contributed by atoms with Crippen LogP contribution >= 0.6 is 0 Å². The Bertz CT molecular complexity index is 665. The van der Waals surface area contributed by atoms with E-state index in [1.807, 2.05) is 56.3 Å². The van der Waals surface area contributed by atoms with E-state index in [9.17, 15) is 4.79 Å². The van der Waals surface area contributed by atoms with E-state index in [2.05, 4.69) is 5.32 Å². The zero-order valence-electron chi connectivity index (χ0n) is 14.1. The van der Waals surface area contributed by atoms with Crippen LogP contribution in [0, 0.1) is 13.8 Å². The summed E-state index contributed by atoms with van der Waals surface area (Å²) in [6, 6.07) is 13.4. The fraction of sp³-hybridized carbons (Fsp3) is 0.316. The maximum absolute atomic E-state index is 12.1. The molecule has 0 radical (unpaired) electrons. The third kappa shape index (κ3) is 4.74. The number of carbonyl (C=O) groups is 1. The molecule has 0 aromatic heterocycles. The van der Waals surface area contributed by atoms with Gasteiger partial charge in [-0.25, -0.2) is 0 Å². The van der Waals surface area contributed by atoms with Crippen molar-refractivity contribution in [1.29, 1.82) is 0 Å². The summed E-state index contributed by atoms with van der Waals surface area (Å²) in [5, 5.41) is 2.88. The summed E-state index contributed by atoms with van der Waals surface area (Å²) in [7, 11) is 1.63. The molecule has 0 aliphatic heterocycles. The van der Waals surface area contributed by atoms with E-state index < -0.39 is 6.10 Å². The van der Waals surface area contributed by atoms with Gasteiger partial charge in [-0.1, -0.05) is 18.2 Å².